The van der Waals surface area contributed by atoms with Crippen LogP contribution in [0.2, 0.25) is 0 Å². The Morgan fingerprint density at radius 1 is 1.12 bits per heavy atom. The molecule has 1 aromatic carbocycles. The lowest BCUT2D eigenvalue weighted by Crippen LogP contribution is -2.45. The summed E-state index contributed by atoms with van der Waals surface area (Å²) in [6.07, 6.45) is 8.83. The summed E-state index contributed by atoms with van der Waals surface area (Å²) in [6.45, 7) is 0.902. The van der Waals surface area contributed by atoms with Gasteiger partial charge in [-0.25, -0.2) is 0 Å². The van der Waals surface area contributed by atoms with Gasteiger partial charge in [-0.1, -0.05) is 31.4 Å². The van der Waals surface area contributed by atoms with Crippen LogP contribution < -0.4 is 5.32 Å². The van der Waals surface area contributed by atoms with Crippen molar-refractivity contribution in [3.05, 3.63) is 24.3 Å². The van der Waals surface area contributed by atoms with E-state index in [1.54, 1.807) is 0 Å². The van der Waals surface area contributed by atoms with E-state index < -0.39 is 0 Å². The number of carbonyl (C=O) groups excluding carboxylic acids is 2. The number of benzene rings is 1. The van der Waals surface area contributed by atoms with E-state index >= 15 is 0 Å². The second kappa shape index (κ2) is 7.40. The van der Waals surface area contributed by atoms with Gasteiger partial charge in [0.2, 0.25) is 11.8 Å². The second-order valence-electron chi connectivity index (χ2n) is 7.58. The molecule has 2 aliphatic carbocycles. The summed E-state index contributed by atoms with van der Waals surface area (Å²) in [5.41, 5.74) is 0.864. The molecule has 3 aliphatic rings. The third-order valence-corrected chi connectivity index (χ3v) is 6.83. The largest absolute Gasteiger partial charge is 0.339 e. The number of hydrogen-bond acceptors (Lipinski definition) is 3. The second-order valence-corrected chi connectivity index (χ2v) is 8.82. The zero-order chi connectivity index (χ0) is 17.2. The zero-order valence-corrected chi connectivity index (χ0v) is 15.4. The zero-order valence-electron chi connectivity index (χ0n) is 14.6. The molecule has 0 saturated heterocycles. The van der Waals surface area contributed by atoms with E-state index in [0.717, 1.165) is 30.0 Å². The summed E-state index contributed by atoms with van der Waals surface area (Å²) < 4.78 is 0. The number of carbonyl (C=O) groups is 2. The van der Waals surface area contributed by atoms with Gasteiger partial charge >= 0.3 is 0 Å². The summed E-state index contributed by atoms with van der Waals surface area (Å²) in [5, 5.41) is 2.64. The molecule has 1 heterocycles. The highest BCUT2D eigenvalue weighted by Crippen LogP contribution is 2.38. The van der Waals surface area contributed by atoms with Crippen molar-refractivity contribution in [1.29, 1.82) is 0 Å². The minimum Gasteiger partial charge on any atom is -0.339 e. The number of fused-ring (bicyclic) bond motifs is 1. The SMILES string of the molecule is O=C1Nc2ccccc2SC1CC(=O)N(CC1CC1)C1CCCCC1. The van der Waals surface area contributed by atoms with E-state index in [-0.39, 0.29) is 17.1 Å². The Kier molecular flexibility index (Phi) is 5.02. The molecule has 25 heavy (non-hydrogen) atoms. The van der Waals surface area contributed by atoms with Gasteiger partial charge in [0.15, 0.2) is 0 Å². The van der Waals surface area contributed by atoms with Crippen molar-refractivity contribution < 1.29 is 9.59 Å². The van der Waals surface area contributed by atoms with Crippen molar-refractivity contribution in [3.63, 3.8) is 0 Å². The highest BCUT2D eigenvalue weighted by Gasteiger charge is 2.35. The number of para-hydroxylation sites is 1. The first-order chi connectivity index (χ1) is 12.2. The molecule has 0 radical (unpaired) electrons. The molecule has 1 N–H and O–H groups in total. The van der Waals surface area contributed by atoms with E-state index in [1.165, 1.54) is 43.9 Å². The minimum atomic E-state index is -0.312. The number of nitrogens with one attached hydrogen (secondary N) is 1. The molecule has 4 rings (SSSR count). The fraction of sp³-hybridized carbons (Fsp3) is 0.600. The minimum absolute atomic E-state index is 0.0351. The normalized spacial score (nSPS) is 23.7. The molecule has 0 bridgehead atoms. The van der Waals surface area contributed by atoms with Crippen LogP contribution in [0, 0.1) is 5.92 Å². The number of anilines is 1. The Labute approximate surface area is 153 Å². The fourth-order valence-corrected chi connectivity index (χ4v) is 5.03. The molecule has 1 aliphatic heterocycles. The smallest absolute Gasteiger partial charge is 0.238 e. The monoisotopic (exact) mass is 358 g/mol. The van der Waals surface area contributed by atoms with Gasteiger partial charge in [-0.05, 0) is 43.7 Å². The number of thioether (sulfide) groups is 1. The first kappa shape index (κ1) is 17.0. The van der Waals surface area contributed by atoms with Crippen molar-refractivity contribution in [3.8, 4) is 0 Å². The third-order valence-electron chi connectivity index (χ3n) is 5.55. The van der Waals surface area contributed by atoms with Crippen molar-refractivity contribution in [1.82, 2.24) is 4.90 Å². The molecule has 1 unspecified atom stereocenters. The van der Waals surface area contributed by atoms with E-state index in [0.29, 0.717) is 18.4 Å². The maximum Gasteiger partial charge on any atom is 0.238 e. The number of hydrogen-bond donors (Lipinski definition) is 1. The van der Waals surface area contributed by atoms with E-state index in [4.69, 9.17) is 0 Å². The molecule has 1 aromatic rings. The summed E-state index contributed by atoms with van der Waals surface area (Å²) in [6, 6.07) is 8.22. The molecule has 0 aromatic heterocycles. The molecule has 5 heteroatoms. The van der Waals surface area contributed by atoms with Crippen molar-refractivity contribution in [2.75, 3.05) is 11.9 Å². The number of amides is 2. The molecule has 0 spiro atoms. The molecule has 2 amide bonds. The standard InChI is InChI=1S/C20H26N2O2S/c23-19(22(13-14-10-11-14)15-6-2-1-3-7-15)12-18-20(24)21-16-8-4-5-9-17(16)25-18/h4-5,8-9,14-15,18H,1-3,6-7,10-13H2,(H,21,24). The van der Waals surface area contributed by atoms with Crippen molar-refractivity contribution in [2.24, 2.45) is 5.92 Å². The number of nitrogens with zero attached hydrogens (tertiary/aromatic N) is 1. The van der Waals surface area contributed by atoms with Gasteiger partial charge in [-0.15, -0.1) is 11.8 Å². The summed E-state index contributed by atoms with van der Waals surface area (Å²) in [4.78, 5) is 28.7. The van der Waals surface area contributed by atoms with Crippen LogP contribution in [-0.2, 0) is 9.59 Å². The average Bonchev–Trinajstić information content (AvgIpc) is 3.45. The molecular weight excluding hydrogens is 332 g/mol. The Hall–Kier alpha value is -1.49. The van der Waals surface area contributed by atoms with E-state index in [1.807, 2.05) is 24.3 Å². The van der Waals surface area contributed by atoms with Crippen LogP contribution in [0.5, 0.6) is 0 Å². The van der Waals surface area contributed by atoms with Crippen LogP contribution >= 0.6 is 11.8 Å². The molecule has 1 atom stereocenters. The third kappa shape index (κ3) is 4.02. The van der Waals surface area contributed by atoms with Gasteiger partial charge in [0.05, 0.1) is 10.9 Å². The van der Waals surface area contributed by atoms with Crippen LogP contribution in [0.1, 0.15) is 51.4 Å². The summed E-state index contributed by atoms with van der Waals surface area (Å²) >= 11 is 1.53. The predicted octanol–water partition coefficient (Wildman–Crippen LogP) is 4.06. The molecule has 134 valence electrons. The van der Waals surface area contributed by atoms with Gasteiger partial charge < -0.3 is 10.2 Å². The van der Waals surface area contributed by atoms with Crippen molar-refractivity contribution >= 4 is 29.3 Å². The predicted molar refractivity (Wildman–Crippen MR) is 101 cm³/mol. The molecular formula is C20H26N2O2S. The van der Waals surface area contributed by atoms with Gasteiger partial charge in [0, 0.05) is 23.9 Å². The molecule has 2 saturated carbocycles. The van der Waals surface area contributed by atoms with Crippen LogP contribution in [0.25, 0.3) is 0 Å². The van der Waals surface area contributed by atoms with Gasteiger partial charge in [0.25, 0.3) is 0 Å². The Bertz CT molecular complexity index is 653. The first-order valence-corrected chi connectivity index (χ1v) is 10.4. The number of rotatable bonds is 5. The lowest BCUT2D eigenvalue weighted by Gasteiger charge is -2.35. The molecule has 2 fully saturated rings. The van der Waals surface area contributed by atoms with Crippen molar-refractivity contribution in [2.45, 2.75) is 67.6 Å². The quantitative estimate of drug-likeness (QED) is 0.863. The van der Waals surface area contributed by atoms with Crippen LogP contribution in [0.15, 0.2) is 29.2 Å². The Balaban J connectivity index is 1.44. The van der Waals surface area contributed by atoms with Gasteiger partial charge in [0.1, 0.15) is 0 Å². The summed E-state index contributed by atoms with van der Waals surface area (Å²) in [5.74, 6) is 0.831. The van der Waals surface area contributed by atoms with Crippen LogP contribution in [-0.4, -0.2) is 34.6 Å². The van der Waals surface area contributed by atoms with Gasteiger partial charge in [-0.3, -0.25) is 9.59 Å². The first-order valence-electron chi connectivity index (χ1n) is 9.57. The maximum atomic E-state index is 13.1. The Morgan fingerprint density at radius 3 is 2.64 bits per heavy atom. The maximum absolute atomic E-state index is 13.1. The van der Waals surface area contributed by atoms with Gasteiger partial charge in [-0.2, -0.15) is 0 Å². The topological polar surface area (TPSA) is 49.4 Å². The highest BCUT2D eigenvalue weighted by atomic mass is 32.2. The summed E-state index contributed by atoms with van der Waals surface area (Å²) in [7, 11) is 0. The highest BCUT2D eigenvalue weighted by molar-refractivity contribution is 8.01. The lowest BCUT2D eigenvalue weighted by molar-refractivity contribution is -0.135. The fourth-order valence-electron chi connectivity index (χ4n) is 3.93. The average molecular weight is 359 g/mol. The van der Waals surface area contributed by atoms with E-state index in [9.17, 15) is 9.59 Å². The van der Waals surface area contributed by atoms with Crippen LogP contribution in [0.3, 0.4) is 0 Å². The van der Waals surface area contributed by atoms with E-state index in [2.05, 4.69) is 10.2 Å². The molecule has 4 nitrogen and oxygen atoms in total. The lowest BCUT2D eigenvalue weighted by atomic mass is 9.93. The van der Waals surface area contributed by atoms with Crippen LogP contribution in [0.4, 0.5) is 5.69 Å². The Morgan fingerprint density at radius 2 is 1.88 bits per heavy atom.